The van der Waals surface area contributed by atoms with Crippen LogP contribution in [0.25, 0.3) is 0 Å². The molecule has 5 nitrogen and oxygen atoms in total. The van der Waals surface area contributed by atoms with E-state index in [1.807, 2.05) is 6.92 Å². The summed E-state index contributed by atoms with van der Waals surface area (Å²) >= 11 is 0. The Morgan fingerprint density at radius 3 is 2.56 bits per heavy atom. The number of carbonyl (C=O) groups is 2. The van der Waals surface area contributed by atoms with E-state index in [0.717, 1.165) is 6.42 Å². The number of hydrogen-bond acceptors (Lipinski definition) is 3. The summed E-state index contributed by atoms with van der Waals surface area (Å²) in [5.41, 5.74) is 0. The molecule has 100 valence electrons. The first-order valence-electron chi connectivity index (χ1n) is 6.42. The van der Waals surface area contributed by atoms with E-state index in [4.69, 9.17) is 10.4 Å². The van der Waals surface area contributed by atoms with Gasteiger partial charge in [0.05, 0.1) is 23.8 Å². The van der Waals surface area contributed by atoms with Crippen LogP contribution in [0.4, 0.5) is 0 Å². The highest BCUT2D eigenvalue weighted by Crippen LogP contribution is 2.33. The fourth-order valence-electron chi connectivity index (χ4n) is 2.53. The summed E-state index contributed by atoms with van der Waals surface area (Å²) in [6.45, 7) is 4.52. The molecule has 1 aliphatic carbocycles. The van der Waals surface area contributed by atoms with Crippen molar-refractivity contribution in [3.8, 4) is 6.07 Å². The summed E-state index contributed by atoms with van der Waals surface area (Å²) in [6, 6.07) is 2.10. The predicted octanol–water partition coefficient (Wildman–Crippen LogP) is 1.50. The highest BCUT2D eigenvalue weighted by Gasteiger charge is 2.39. The van der Waals surface area contributed by atoms with Crippen LogP contribution in [0.2, 0.25) is 0 Å². The zero-order chi connectivity index (χ0) is 13.7. The van der Waals surface area contributed by atoms with E-state index in [2.05, 4.69) is 6.07 Å². The molecule has 1 rings (SSSR count). The van der Waals surface area contributed by atoms with Crippen LogP contribution >= 0.6 is 0 Å². The van der Waals surface area contributed by atoms with Gasteiger partial charge in [-0.1, -0.05) is 6.42 Å². The lowest BCUT2D eigenvalue weighted by atomic mass is 9.94. The first-order chi connectivity index (χ1) is 8.51. The van der Waals surface area contributed by atoms with Gasteiger partial charge >= 0.3 is 5.97 Å². The molecule has 0 aromatic rings. The second-order valence-corrected chi connectivity index (χ2v) is 4.89. The van der Waals surface area contributed by atoms with Gasteiger partial charge < -0.3 is 10.0 Å². The van der Waals surface area contributed by atoms with Crippen LogP contribution in [-0.2, 0) is 9.59 Å². The lowest BCUT2D eigenvalue weighted by Gasteiger charge is -2.26. The number of aliphatic carboxylic acids is 1. The van der Waals surface area contributed by atoms with E-state index >= 15 is 0 Å². The van der Waals surface area contributed by atoms with Gasteiger partial charge in [-0.05, 0) is 26.7 Å². The van der Waals surface area contributed by atoms with E-state index in [0.29, 0.717) is 25.9 Å². The maximum absolute atomic E-state index is 12.3. The van der Waals surface area contributed by atoms with E-state index < -0.39 is 17.8 Å². The van der Waals surface area contributed by atoms with Crippen molar-refractivity contribution in [2.75, 3.05) is 13.1 Å². The monoisotopic (exact) mass is 252 g/mol. The molecule has 3 unspecified atom stereocenters. The second-order valence-electron chi connectivity index (χ2n) is 4.89. The highest BCUT2D eigenvalue weighted by molar-refractivity contribution is 5.85. The first-order valence-corrected chi connectivity index (χ1v) is 6.42. The number of carbonyl (C=O) groups excluding carboxylic acids is 1. The van der Waals surface area contributed by atoms with Crippen LogP contribution < -0.4 is 0 Å². The van der Waals surface area contributed by atoms with Gasteiger partial charge in [-0.2, -0.15) is 5.26 Å². The quantitative estimate of drug-likeness (QED) is 0.803. The van der Waals surface area contributed by atoms with Crippen LogP contribution in [0, 0.1) is 29.1 Å². The lowest BCUT2D eigenvalue weighted by Crippen LogP contribution is -2.41. The fourth-order valence-corrected chi connectivity index (χ4v) is 2.53. The van der Waals surface area contributed by atoms with Crippen molar-refractivity contribution in [3.05, 3.63) is 0 Å². The van der Waals surface area contributed by atoms with Crippen molar-refractivity contribution < 1.29 is 14.7 Å². The van der Waals surface area contributed by atoms with Crippen LogP contribution in [0.5, 0.6) is 0 Å². The topological polar surface area (TPSA) is 81.4 Å². The Bertz CT molecular complexity index is 362. The van der Waals surface area contributed by atoms with Gasteiger partial charge in [0.15, 0.2) is 0 Å². The molecular weight excluding hydrogens is 232 g/mol. The number of rotatable bonds is 5. The molecule has 0 spiro atoms. The average Bonchev–Trinajstić information content (AvgIpc) is 2.83. The van der Waals surface area contributed by atoms with Crippen molar-refractivity contribution in [1.82, 2.24) is 4.90 Å². The Morgan fingerprint density at radius 2 is 2.06 bits per heavy atom. The molecule has 0 aliphatic heterocycles. The molecule has 0 bridgehead atoms. The lowest BCUT2D eigenvalue weighted by molar-refractivity contribution is -0.149. The minimum absolute atomic E-state index is 0.107. The standard InChI is InChI=1S/C13H20N2O3/c1-3-15(8-9(2)7-14)12(16)10-5-4-6-11(10)13(17)18/h9-11H,3-6,8H2,1-2H3,(H,17,18). The van der Waals surface area contributed by atoms with Gasteiger partial charge in [0.25, 0.3) is 0 Å². The number of nitriles is 1. The van der Waals surface area contributed by atoms with Crippen molar-refractivity contribution in [2.24, 2.45) is 17.8 Å². The summed E-state index contributed by atoms with van der Waals surface area (Å²) in [6.07, 6.45) is 2.02. The Morgan fingerprint density at radius 1 is 1.44 bits per heavy atom. The van der Waals surface area contributed by atoms with Crippen molar-refractivity contribution in [2.45, 2.75) is 33.1 Å². The molecule has 0 aromatic carbocycles. The Labute approximate surface area is 107 Å². The second kappa shape index (κ2) is 6.39. The van der Waals surface area contributed by atoms with Gasteiger partial charge in [0.2, 0.25) is 5.91 Å². The summed E-state index contributed by atoms with van der Waals surface area (Å²) in [7, 11) is 0. The molecular formula is C13H20N2O3. The summed E-state index contributed by atoms with van der Waals surface area (Å²) in [5, 5.41) is 17.9. The summed E-state index contributed by atoms with van der Waals surface area (Å²) < 4.78 is 0. The van der Waals surface area contributed by atoms with E-state index in [9.17, 15) is 9.59 Å². The molecule has 0 aromatic heterocycles. The number of amides is 1. The number of carboxylic acid groups (broad SMARTS) is 1. The smallest absolute Gasteiger partial charge is 0.307 e. The molecule has 1 aliphatic rings. The molecule has 18 heavy (non-hydrogen) atoms. The maximum Gasteiger partial charge on any atom is 0.307 e. The number of hydrogen-bond donors (Lipinski definition) is 1. The molecule has 0 heterocycles. The van der Waals surface area contributed by atoms with Gasteiger partial charge in [0.1, 0.15) is 0 Å². The summed E-state index contributed by atoms with van der Waals surface area (Å²) in [4.78, 5) is 25.0. The molecule has 3 atom stereocenters. The molecule has 5 heteroatoms. The van der Waals surface area contributed by atoms with Crippen molar-refractivity contribution in [3.63, 3.8) is 0 Å². The zero-order valence-corrected chi connectivity index (χ0v) is 10.9. The van der Waals surface area contributed by atoms with Crippen LogP contribution in [-0.4, -0.2) is 35.0 Å². The van der Waals surface area contributed by atoms with Crippen molar-refractivity contribution >= 4 is 11.9 Å². The summed E-state index contributed by atoms with van der Waals surface area (Å²) in [5.74, 6) is -2.17. The SMILES string of the molecule is CCN(CC(C)C#N)C(=O)C1CCCC1C(=O)O. The number of nitrogens with zero attached hydrogens (tertiary/aromatic N) is 2. The fraction of sp³-hybridized carbons (Fsp3) is 0.769. The molecule has 0 saturated heterocycles. The van der Waals surface area contributed by atoms with Gasteiger partial charge in [-0.15, -0.1) is 0 Å². The van der Waals surface area contributed by atoms with Gasteiger partial charge in [-0.3, -0.25) is 9.59 Å². The first kappa shape index (κ1) is 14.5. The normalized spacial score (nSPS) is 24.3. The molecule has 0 radical (unpaired) electrons. The molecule has 1 fully saturated rings. The third-order valence-corrected chi connectivity index (χ3v) is 3.56. The molecule has 1 amide bonds. The van der Waals surface area contributed by atoms with Gasteiger partial charge in [0, 0.05) is 13.1 Å². The Hall–Kier alpha value is -1.57. The Kier molecular flexibility index (Phi) is 5.14. The minimum Gasteiger partial charge on any atom is -0.481 e. The highest BCUT2D eigenvalue weighted by atomic mass is 16.4. The van der Waals surface area contributed by atoms with Gasteiger partial charge in [-0.25, -0.2) is 0 Å². The maximum atomic E-state index is 12.3. The van der Waals surface area contributed by atoms with Crippen molar-refractivity contribution in [1.29, 1.82) is 5.26 Å². The van der Waals surface area contributed by atoms with E-state index in [1.165, 1.54) is 0 Å². The minimum atomic E-state index is -0.879. The molecule has 1 saturated carbocycles. The Balaban J connectivity index is 2.72. The number of carboxylic acids is 1. The van der Waals surface area contributed by atoms with Crippen LogP contribution in [0.1, 0.15) is 33.1 Å². The average molecular weight is 252 g/mol. The van der Waals surface area contributed by atoms with Crippen LogP contribution in [0.15, 0.2) is 0 Å². The third-order valence-electron chi connectivity index (χ3n) is 3.56. The zero-order valence-electron chi connectivity index (χ0n) is 10.9. The van der Waals surface area contributed by atoms with E-state index in [-0.39, 0.29) is 11.8 Å². The molecule has 1 N–H and O–H groups in total. The predicted molar refractivity (Wildman–Crippen MR) is 65.5 cm³/mol. The van der Waals surface area contributed by atoms with E-state index in [1.54, 1.807) is 11.8 Å². The largest absolute Gasteiger partial charge is 0.481 e. The van der Waals surface area contributed by atoms with Crippen LogP contribution in [0.3, 0.4) is 0 Å². The third kappa shape index (κ3) is 3.22.